The number of ether oxygens (including phenoxy) is 1. The van der Waals surface area contributed by atoms with E-state index >= 15 is 0 Å². The predicted molar refractivity (Wildman–Crippen MR) is 92.9 cm³/mol. The molecule has 2 atom stereocenters. The van der Waals surface area contributed by atoms with Crippen LogP contribution in [0.2, 0.25) is 0 Å². The zero-order valence-corrected chi connectivity index (χ0v) is 14.8. The maximum absolute atomic E-state index is 12.6. The first-order valence-electron chi connectivity index (χ1n) is 8.36. The van der Waals surface area contributed by atoms with Gasteiger partial charge in [0.05, 0.1) is 18.8 Å². The van der Waals surface area contributed by atoms with E-state index < -0.39 is 0 Å². The van der Waals surface area contributed by atoms with Crippen LogP contribution in [0.15, 0.2) is 24.8 Å². The van der Waals surface area contributed by atoms with Crippen molar-refractivity contribution in [3.8, 4) is 6.07 Å². The van der Waals surface area contributed by atoms with Gasteiger partial charge in [-0.2, -0.15) is 10.4 Å². The van der Waals surface area contributed by atoms with Gasteiger partial charge in [0.1, 0.15) is 6.07 Å². The highest BCUT2D eigenvalue weighted by molar-refractivity contribution is 5.79. The fourth-order valence-corrected chi connectivity index (χ4v) is 3.32. The number of hydrogen-bond acceptors (Lipinski definition) is 7. The van der Waals surface area contributed by atoms with Crippen LogP contribution in [-0.4, -0.2) is 57.4 Å². The average Bonchev–Trinajstić information content (AvgIpc) is 3.21. The molecule has 1 amide bonds. The minimum atomic E-state index is -0.0962. The molecule has 1 fully saturated rings. The van der Waals surface area contributed by atoms with Crippen molar-refractivity contribution in [2.24, 2.45) is 13.0 Å². The highest BCUT2D eigenvalue weighted by atomic mass is 16.5. The van der Waals surface area contributed by atoms with Gasteiger partial charge in [0.2, 0.25) is 5.91 Å². The summed E-state index contributed by atoms with van der Waals surface area (Å²) in [7, 11) is 3.47. The zero-order valence-electron chi connectivity index (χ0n) is 14.8. The third-order valence-electron chi connectivity index (χ3n) is 4.48. The van der Waals surface area contributed by atoms with E-state index in [1.54, 1.807) is 18.0 Å². The number of nitrogens with zero attached hydrogens (tertiary/aromatic N) is 6. The number of nitriles is 1. The Bertz CT molecular complexity index is 813. The predicted octanol–water partition coefficient (Wildman–Crippen LogP) is 0.730. The topological polar surface area (TPSA) is 109 Å². The van der Waals surface area contributed by atoms with Gasteiger partial charge in [0, 0.05) is 63.7 Å². The molecule has 26 heavy (non-hydrogen) atoms. The summed E-state index contributed by atoms with van der Waals surface area (Å²) in [4.78, 5) is 22.6. The molecule has 1 aliphatic rings. The number of carbonyl (C=O) groups excluding carboxylic acids is 1. The Morgan fingerprint density at radius 1 is 1.42 bits per heavy atom. The number of anilines is 1. The van der Waals surface area contributed by atoms with Crippen molar-refractivity contribution in [3.05, 3.63) is 36.0 Å². The van der Waals surface area contributed by atoms with Crippen LogP contribution >= 0.6 is 0 Å². The molecule has 3 heterocycles. The summed E-state index contributed by atoms with van der Waals surface area (Å²) in [6, 6.07) is 1.92. The molecular formula is C17H21N7O2. The minimum absolute atomic E-state index is 0.0251. The van der Waals surface area contributed by atoms with Gasteiger partial charge in [-0.25, -0.2) is 9.97 Å². The van der Waals surface area contributed by atoms with Crippen molar-refractivity contribution in [3.63, 3.8) is 0 Å². The Morgan fingerprint density at radius 3 is 2.92 bits per heavy atom. The first-order chi connectivity index (χ1) is 12.6. The Kier molecular flexibility index (Phi) is 5.43. The highest BCUT2D eigenvalue weighted by Crippen LogP contribution is 2.37. The second-order valence-corrected chi connectivity index (χ2v) is 6.18. The Morgan fingerprint density at radius 2 is 2.23 bits per heavy atom. The van der Waals surface area contributed by atoms with E-state index in [0.29, 0.717) is 31.9 Å². The summed E-state index contributed by atoms with van der Waals surface area (Å²) in [5, 5.41) is 16.6. The number of methoxy groups -OCH3 is 1. The third kappa shape index (κ3) is 3.65. The number of nitrogens with one attached hydrogen (secondary N) is 1. The normalized spacial score (nSPS) is 19.6. The van der Waals surface area contributed by atoms with Gasteiger partial charge in [-0.15, -0.1) is 0 Å². The lowest BCUT2D eigenvalue weighted by molar-refractivity contribution is -0.129. The Balaban J connectivity index is 1.80. The maximum Gasteiger partial charge on any atom is 0.223 e. The number of rotatable bonds is 7. The number of carbonyl (C=O) groups is 1. The minimum Gasteiger partial charge on any atom is -0.383 e. The summed E-state index contributed by atoms with van der Waals surface area (Å²) in [5.74, 6) is 0.544. The first kappa shape index (κ1) is 17.8. The number of likely N-dealkylation sites (tertiary alicyclic amines) is 1. The summed E-state index contributed by atoms with van der Waals surface area (Å²) in [6.07, 6.45) is 7.15. The summed E-state index contributed by atoms with van der Waals surface area (Å²) in [5.41, 5.74) is 1.23. The van der Waals surface area contributed by atoms with Gasteiger partial charge >= 0.3 is 0 Å². The molecule has 0 saturated carbocycles. The molecule has 1 saturated heterocycles. The van der Waals surface area contributed by atoms with Crippen molar-refractivity contribution >= 4 is 11.7 Å². The fraction of sp³-hybridized carbons (Fsp3) is 0.471. The van der Waals surface area contributed by atoms with E-state index in [1.165, 1.54) is 12.4 Å². The van der Waals surface area contributed by atoms with Crippen LogP contribution in [0.25, 0.3) is 0 Å². The van der Waals surface area contributed by atoms with Gasteiger partial charge in [-0.1, -0.05) is 0 Å². The summed E-state index contributed by atoms with van der Waals surface area (Å²) < 4.78 is 6.88. The molecule has 0 aromatic carbocycles. The van der Waals surface area contributed by atoms with Gasteiger partial charge in [0.15, 0.2) is 11.5 Å². The maximum atomic E-state index is 12.6. The molecule has 0 radical (unpaired) electrons. The molecule has 1 aliphatic heterocycles. The van der Waals surface area contributed by atoms with E-state index in [0.717, 1.165) is 5.56 Å². The van der Waals surface area contributed by atoms with E-state index in [1.807, 2.05) is 24.2 Å². The van der Waals surface area contributed by atoms with Crippen molar-refractivity contribution < 1.29 is 9.53 Å². The van der Waals surface area contributed by atoms with E-state index in [-0.39, 0.29) is 23.6 Å². The van der Waals surface area contributed by atoms with Crippen molar-refractivity contribution in [2.75, 3.05) is 32.1 Å². The second-order valence-electron chi connectivity index (χ2n) is 6.18. The van der Waals surface area contributed by atoms with Crippen molar-refractivity contribution in [1.82, 2.24) is 24.6 Å². The first-order valence-corrected chi connectivity index (χ1v) is 8.36. The van der Waals surface area contributed by atoms with Gasteiger partial charge < -0.3 is 15.0 Å². The van der Waals surface area contributed by atoms with Crippen LogP contribution in [0.4, 0.5) is 5.82 Å². The monoisotopic (exact) mass is 355 g/mol. The Hall–Kier alpha value is -2.99. The van der Waals surface area contributed by atoms with Crippen LogP contribution in [0.5, 0.6) is 0 Å². The molecule has 0 unspecified atom stereocenters. The fourth-order valence-electron chi connectivity index (χ4n) is 3.32. The van der Waals surface area contributed by atoms with E-state index in [9.17, 15) is 4.79 Å². The quantitative estimate of drug-likeness (QED) is 0.780. The molecular weight excluding hydrogens is 334 g/mol. The molecule has 2 aromatic heterocycles. The average molecular weight is 355 g/mol. The van der Waals surface area contributed by atoms with Crippen LogP contribution in [-0.2, 0) is 16.6 Å². The molecule has 2 aromatic rings. The molecule has 136 valence electrons. The molecule has 9 nitrogen and oxygen atoms in total. The lowest BCUT2D eigenvalue weighted by Crippen LogP contribution is -2.33. The zero-order chi connectivity index (χ0) is 18.5. The summed E-state index contributed by atoms with van der Waals surface area (Å²) in [6.45, 7) is 1.51. The number of amides is 1. The lowest BCUT2D eigenvalue weighted by Gasteiger charge is -2.27. The van der Waals surface area contributed by atoms with Crippen molar-refractivity contribution in [1.29, 1.82) is 5.26 Å². The molecule has 1 N–H and O–H groups in total. The van der Waals surface area contributed by atoms with Gasteiger partial charge in [-0.05, 0) is 0 Å². The smallest absolute Gasteiger partial charge is 0.223 e. The number of aromatic nitrogens is 4. The van der Waals surface area contributed by atoms with Crippen molar-refractivity contribution in [2.45, 2.75) is 12.5 Å². The third-order valence-corrected chi connectivity index (χ3v) is 4.48. The molecule has 9 heteroatoms. The van der Waals surface area contributed by atoms with Crippen LogP contribution in [0.3, 0.4) is 0 Å². The van der Waals surface area contributed by atoms with Crippen LogP contribution < -0.4 is 5.32 Å². The van der Waals surface area contributed by atoms with Crippen LogP contribution in [0.1, 0.15) is 23.7 Å². The molecule has 0 bridgehead atoms. The highest BCUT2D eigenvalue weighted by Gasteiger charge is 2.40. The van der Waals surface area contributed by atoms with Gasteiger partial charge in [-0.3, -0.25) is 9.48 Å². The standard InChI is InChI=1S/C17H21N7O2/c1-23-11-13(10-22-23)16-12(7-15(25)24(16)5-6-26-2)9-21-17-14(8-18)19-3-4-20-17/h3-4,10-12,16H,5-7,9H2,1-2H3,(H,20,21)/t12-,16+/m0/s1. The lowest BCUT2D eigenvalue weighted by atomic mass is 9.95. The SMILES string of the molecule is COCCN1C(=O)C[C@@H](CNc2nccnc2C#N)[C@@H]1c1cnn(C)c1. The van der Waals surface area contributed by atoms with E-state index in [2.05, 4.69) is 20.4 Å². The van der Waals surface area contributed by atoms with Crippen LogP contribution in [0, 0.1) is 17.2 Å². The largest absolute Gasteiger partial charge is 0.383 e. The molecule has 3 rings (SSSR count). The second kappa shape index (κ2) is 7.93. The molecule has 0 spiro atoms. The number of hydrogen-bond donors (Lipinski definition) is 1. The Labute approximate surface area is 151 Å². The van der Waals surface area contributed by atoms with E-state index in [4.69, 9.17) is 10.00 Å². The number of aryl methyl sites for hydroxylation is 1. The molecule has 0 aliphatic carbocycles. The summed E-state index contributed by atoms with van der Waals surface area (Å²) >= 11 is 0. The van der Waals surface area contributed by atoms with Gasteiger partial charge in [0.25, 0.3) is 0 Å².